The Kier molecular flexibility index (Phi) is 3.36. The fourth-order valence-corrected chi connectivity index (χ4v) is 2.02. The molecule has 1 fully saturated rings. The minimum atomic E-state index is -0.575. The highest BCUT2D eigenvalue weighted by molar-refractivity contribution is 4.92. The second-order valence-corrected chi connectivity index (χ2v) is 4.22. The highest BCUT2D eigenvalue weighted by Crippen LogP contribution is 2.13. The van der Waals surface area contributed by atoms with E-state index < -0.39 is 6.17 Å². The van der Waals surface area contributed by atoms with Gasteiger partial charge in [-0.05, 0) is 12.8 Å². The lowest BCUT2D eigenvalue weighted by molar-refractivity contribution is 0.151. The molecule has 1 aliphatic heterocycles. The van der Waals surface area contributed by atoms with Crippen LogP contribution >= 0.6 is 0 Å². The van der Waals surface area contributed by atoms with Gasteiger partial charge in [0.15, 0.2) is 0 Å². The molecule has 0 amide bonds. The first-order valence-corrected chi connectivity index (χ1v) is 5.58. The second kappa shape index (κ2) is 4.75. The first kappa shape index (κ1) is 10.6. The van der Waals surface area contributed by atoms with Crippen molar-refractivity contribution in [2.45, 2.75) is 25.4 Å². The summed E-state index contributed by atoms with van der Waals surface area (Å²) in [5.74, 6) is 1.11. The molecule has 0 N–H and O–H groups in total. The Morgan fingerprint density at radius 1 is 1.47 bits per heavy atom. The average molecular weight is 211 g/mol. The molecular weight excluding hydrogens is 193 g/mol. The Labute approximate surface area is 89.9 Å². The number of rotatable bonds is 3. The number of nitrogens with zero attached hydrogens (tertiary/aromatic N) is 3. The Morgan fingerprint density at radius 3 is 2.80 bits per heavy atom. The Bertz CT molecular complexity index is 303. The van der Waals surface area contributed by atoms with Gasteiger partial charge in [-0.2, -0.15) is 0 Å². The van der Waals surface area contributed by atoms with Crippen LogP contribution in [0.15, 0.2) is 12.4 Å². The normalized spacial score (nSPS) is 19.6. The molecule has 0 spiro atoms. The zero-order chi connectivity index (χ0) is 10.7. The van der Waals surface area contributed by atoms with Gasteiger partial charge in [-0.1, -0.05) is 0 Å². The summed E-state index contributed by atoms with van der Waals surface area (Å²) in [6.07, 6.45) is 5.56. The maximum Gasteiger partial charge on any atom is 0.109 e. The number of piperidine rings is 1. The van der Waals surface area contributed by atoms with Crippen LogP contribution < -0.4 is 0 Å². The molecule has 0 unspecified atom stereocenters. The van der Waals surface area contributed by atoms with Crippen LogP contribution in [0.5, 0.6) is 0 Å². The van der Waals surface area contributed by atoms with E-state index in [2.05, 4.69) is 9.88 Å². The molecule has 1 aromatic rings. The van der Waals surface area contributed by atoms with Gasteiger partial charge in [0.1, 0.15) is 12.0 Å². The van der Waals surface area contributed by atoms with Crippen LogP contribution in [0, 0.1) is 0 Å². The lowest BCUT2D eigenvalue weighted by Crippen LogP contribution is -2.36. The summed E-state index contributed by atoms with van der Waals surface area (Å²) in [5.41, 5.74) is 0. The largest absolute Gasteiger partial charge is 0.338 e. The number of likely N-dealkylation sites (tertiary alicyclic amines) is 1. The second-order valence-electron chi connectivity index (χ2n) is 4.22. The number of imidazole rings is 1. The summed E-state index contributed by atoms with van der Waals surface area (Å²) in [5, 5.41) is 0. The van der Waals surface area contributed by atoms with Crippen molar-refractivity contribution in [3.63, 3.8) is 0 Å². The molecule has 2 heterocycles. The van der Waals surface area contributed by atoms with Crippen molar-refractivity contribution in [3.05, 3.63) is 18.2 Å². The van der Waals surface area contributed by atoms with Gasteiger partial charge in [0.2, 0.25) is 0 Å². The van der Waals surface area contributed by atoms with Crippen molar-refractivity contribution in [1.82, 2.24) is 14.5 Å². The molecule has 3 nitrogen and oxygen atoms in total. The van der Waals surface area contributed by atoms with E-state index in [1.54, 1.807) is 0 Å². The lowest BCUT2D eigenvalue weighted by Gasteiger charge is -2.28. The predicted molar refractivity (Wildman–Crippen MR) is 57.5 cm³/mol. The summed E-state index contributed by atoms with van der Waals surface area (Å²) in [6.45, 7) is 2.79. The minimum absolute atomic E-state index is 0.575. The first-order valence-electron chi connectivity index (χ1n) is 5.58. The van der Waals surface area contributed by atoms with Crippen molar-refractivity contribution in [2.24, 2.45) is 7.05 Å². The van der Waals surface area contributed by atoms with Crippen LogP contribution in [0.25, 0.3) is 0 Å². The van der Waals surface area contributed by atoms with Crippen molar-refractivity contribution < 1.29 is 4.39 Å². The molecular formula is C11H18FN3. The van der Waals surface area contributed by atoms with Gasteiger partial charge in [0.05, 0.1) is 0 Å². The Hall–Kier alpha value is -0.900. The molecule has 0 radical (unpaired) electrons. The third kappa shape index (κ3) is 2.78. The highest BCUT2D eigenvalue weighted by Gasteiger charge is 2.18. The van der Waals surface area contributed by atoms with Crippen LogP contribution in [0.4, 0.5) is 4.39 Å². The van der Waals surface area contributed by atoms with E-state index in [9.17, 15) is 4.39 Å². The summed E-state index contributed by atoms with van der Waals surface area (Å²) >= 11 is 0. The van der Waals surface area contributed by atoms with E-state index in [0.717, 1.165) is 31.9 Å². The lowest BCUT2D eigenvalue weighted by atomic mass is 10.1. The van der Waals surface area contributed by atoms with Gasteiger partial charge in [0, 0.05) is 45.5 Å². The Balaban J connectivity index is 1.77. The van der Waals surface area contributed by atoms with E-state index in [-0.39, 0.29) is 0 Å². The minimum Gasteiger partial charge on any atom is -0.338 e. The van der Waals surface area contributed by atoms with Gasteiger partial charge < -0.3 is 9.47 Å². The molecule has 0 atom stereocenters. The van der Waals surface area contributed by atoms with E-state index >= 15 is 0 Å². The SMILES string of the molecule is Cn1ccnc1CCN1CCC(F)CC1. The molecule has 2 rings (SSSR count). The highest BCUT2D eigenvalue weighted by atomic mass is 19.1. The van der Waals surface area contributed by atoms with Gasteiger partial charge in [-0.3, -0.25) is 0 Å². The molecule has 1 saturated heterocycles. The molecule has 0 aromatic carbocycles. The van der Waals surface area contributed by atoms with Crippen LogP contribution in [0.1, 0.15) is 18.7 Å². The van der Waals surface area contributed by atoms with E-state index in [1.165, 1.54) is 0 Å². The molecule has 1 aromatic heterocycles. The van der Waals surface area contributed by atoms with Crippen LogP contribution in [0.3, 0.4) is 0 Å². The standard InChI is InChI=1S/C11H18FN3/c1-14-9-5-13-11(14)4-8-15-6-2-10(12)3-7-15/h5,9-10H,2-4,6-8H2,1H3. The Morgan fingerprint density at radius 2 is 2.20 bits per heavy atom. The number of alkyl halides is 1. The quantitative estimate of drug-likeness (QED) is 0.753. The fraction of sp³-hybridized carbons (Fsp3) is 0.727. The number of hydrogen-bond acceptors (Lipinski definition) is 2. The molecule has 1 aliphatic rings. The third-order valence-electron chi connectivity index (χ3n) is 3.09. The van der Waals surface area contributed by atoms with Crippen molar-refractivity contribution in [1.29, 1.82) is 0 Å². The molecule has 4 heteroatoms. The van der Waals surface area contributed by atoms with Crippen molar-refractivity contribution >= 4 is 0 Å². The van der Waals surface area contributed by atoms with Crippen molar-refractivity contribution in [2.75, 3.05) is 19.6 Å². The third-order valence-corrected chi connectivity index (χ3v) is 3.09. The zero-order valence-electron chi connectivity index (χ0n) is 9.19. The van der Waals surface area contributed by atoms with E-state index in [0.29, 0.717) is 12.8 Å². The molecule has 15 heavy (non-hydrogen) atoms. The van der Waals surface area contributed by atoms with Crippen LogP contribution in [-0.4, -0.2) is 40.3 Å². The summed E-state index contributed by atoms with van der Waals surface area (Å²) in [4.78, 5) is 6.60. The zero-order valence-corrected chi connectivity index (χ0v) is 9.19. The number of hydrogen-bond donors (Lipinski definition) is 0. The smallest absolute Gasteiger partial charge is 0.109 e. The topological polar surface area (TPSA) is 21.1 Å². The summed E-state index contributed by atoms with van der Waals surface area (Å²) in [6, 6.07) is 0. The number of halogens is 1. The fourth-order valence-electron chi connectivity index (χ4n) is 2.02. The van der Waals surface area contributed by atoms with Gasteiger partial charge in [0.25, 0.3) is 0 Å². The van der Waals surface area contributed by atoms with E-state index in [1.807, 2.05) is 24.0 Å². The predicted octanol–water partition coefficient (Wildman–Crippen LogP) is 1.40. The first-order chi connectivity index (χ1) is 7.25. The summed E-state index contributed by atoms with van der Waals surface area (Å²) in [7, 11) is 2.01. The molecule has 0 saturated carbocycles. The van der Waals surface area contributed by atoms with Crippen molar-refractivity contribution in [3.8, 4) is 0 Å². The van der Waals surface area contributed by atoms with Gasteiger partial charge in [-0.15, -0.1) is 0 Å². The number of aryl methyl sites for hydroxylation is 1. The van der Waals surface area contributed by atoms with Gasteiger partial charge >= 0.3 is 0 Å². The molecule has 84 valence electrons. The van der Waals surface area contributed by atoms with E-state index in [4.69, 9.17) is 0 Å². The molecule has 0 aliphatic carbocycles. The van der Waals surface area contributed by atoms with Crippen LogP contribution in [-0.2, 0) is 13.5 Å². The average Bonchev–Trinajstić information content (AvgIpc) is 2.63. The summed E-state index contributed by atoms with van der Waals surface area (Å²) < 4.78 is 14.9. The maximum absolute atomic E-state index is 12.9. The van der Waals surface area contributed by atoms with Crippen LogP contribution in [0.2, 0.25) is 0 Å². The number of aromatic nitrogens is 2. The monoisotopic (exact) mass is 211 g/mol. The van der Waals surface area contributed by atoms with Gasteiger partial charge in [-0.25, -0.2) is 9.37 Å². The maximum atomic E-state index is 12.9. The molecule has 0 bridgehead atoms.